The molecule has 1 aliphatic rings. The monoisotopic (exact) mass is 454 g/mol. The topological polar surface area (TPSA) is 49.3 Å². The van der Waals surface area contributed by atoms with Gasteiger partial charge in [0.15, 0.2) is 0 Å². The summed E-state index contributed by atoms with van der Waals surface area (Å²) in [5.74, 6) is 0.396. The van der Waals surface area contributed by atoms with E-state index >= 15 is 0 Å². The van der Waals surface area contributed by atoms with E-state index in [2.05, 4.69) is 9.97 Å². The number of aromatic nitrogens is 2. The molecule has 8 heteroatoms. The summed E-state index contributed by atoms with van der Waals surface area (Å²) in [5.41, 5.74) is 1.12. The van der Waals surface area contributed by atoms with Crippen molar-refractivity contribution >= 4 is 11.9 Å². The van der Waals surface area contributed by atoms with Crippen LogP contribution in [-0.4, -0.2) is 47.0 Å². The van der Waals surface area contributed by atoms with Gasteiger partial charge in [-0.05, 0) is 30.2 Å². The fraction of sp³-hybridized carbons (Fsp3) is 0.320. The number of carbonyl (C=O) groups is 1. The van der Waals surface area contributed by atoms with Crippen molar-refractivity contribution < 1.29 is 18.0 Å². The average molecular weight is 454 g/mol. The van der Waals surface area contributed by atoms with Crippen molar-refractivity contribution in [3.05, 3.63) is 78.0 Å². The summed E-state index contributed by atoms with van der Waals surface area (Å²) in [4.78, 5) is 25.8. The van der Waals surface area contributed by atoms with Crippen LogP contribution in [0.3, 0.4) is 0 Å². The van der Waals surface area contributed by atoms with Crippen molar-refractivity contribution in [2.24, 2.45) is 0 Å². The molecule has 1 atom stereocenters. The van der Waals surface area contributed by atoms with Crippen LogP contribution in [0.15, 0.2) is 66.9 Å². The molecule has 2 aromatic carbocycles. The van der Waals surface area contributed by atoms with Gasteiger partial charge in [-0.1, -0.05) is 49.4 Å². The van der Waals surface area contributed by atoms with E-state index in [1.807, 2.05) is 47.1 Å². The lowest BCUT2D eigenvalue weighted by Gasteiger charge is -2.36. The van der Waals surface area contributed by atoms with Gasteiger partial charge >= 0.3 is 6.18 Å². The molecule has 0 spiro atoms. The minimum atomic E-state index is -4.41. The highest BCUT2D eigenvalue weighted by molar-refractivity contribution is 5.84. The number of halogens is 3. The van der Waals surface area contributed by atoms with Crippen LogP contribution in [0.4, 0.5) is 19.1 Å². The van der Waals surface area contributed by atoms with Crippen LogP contribution in [0.2, 0.25) is 0 Å². The van der Waals surface area contributed by atoms with Crippen molar-refractivity contribution in [2.45, 2.75) is 25.4 Å². The molecule has 1 aromatic heterocycles. The Hall–Kier alpha value is -3.42. The van der Waals surface area contributed by atoms with E-state index in [0.29, 0.717) is 43.4 Å². The molecule has 33 heavy (non-hydrogen) atoms. The molecule has 1 fully saturated rings. The number of rotatable bonds is 5. The summed E-state index contributed by atoms with van der Waals surface area (Å²) < 4.78 is 39.2. The quantitative estimate of drug-likeness (QED) is 0.544. The molecule has 0 aliphatic carbocycles. The van der Waals surface area contributed by atoms with Crippen molar-refractivity contribution in [3.8, 4) is 11.3 Å². The maximum atomic E-state index is 13.1. The van der Waals surface area contributed by atoms with Gasteiger partial charge in [-0.3, -0.25) is 4.79 Å². The standard InChI is InChI=1S/C25H25F3N4O/c1-2-21(18-7-4-3-5-8-18)23(33)31-13-15-32(16-14-31)24-29-12-11-22(30-24)19-9-6-10-20(17-19)25(26,27)28/h3-12,17,21H,2,13-16H2,1H3. The summed E-state index contributed by atoms with van der Waals surface area (Å²) in [5, 5.41) is 0. The predicted octanol–water partition coefficient (Wildman–Crippen LogP) is 5.00. The zero-order chi connectivity index (χ0) is 23.4. The minimum Gasteiger partial charge on any atom is -0.339 e. The van der Waals surface area contributed by atoms with E-state index in [1.54, 1.807) is 18.3 Å². The number of alkyl halides is 3. The number of carbonyl (C=O) groups excluding carboxylic acids is 1. The van der Waals surface area contributed by atoms with Gasteiger partial charge < -0.3 is 9.80 Å². The second-order valence-electron chi connectivity index (χ2n) is 8.00. The van der Waals surface area contributed by atoms with Crippen LogP contribution in [0.5, 0.6) is 0 Å². The minimum absolute atomic E-state index is 0.113. The summed E-state index contributed by atoms with van der Waals surface area (Å²) in [6, 6.07) is 16.5. The van der Waals surface area contributed by atoms with Gasteiger partial charge in [0.2, 0.25) is 11.9 Å². The third-order valence-electron chi connectivity index (χ3n) is 5.91. The zero-order valence-electron chi connectivity index (χ0n) is 18.3. The van der Waals surface area contributed by atoms with Gasteiger partial charge in [-0.25, -0.2) is 9.97 Å². The van der Waals surface area contributed by atoms with Crippen molar-refractivity contribution in [1.82, 2.24) is 14.9 Å². The average Bonchev–Trinajstić information content (AvgIpc) is 2.85. The van der Waals surface area contributed by atoms with Gasteiger partial charge in [-0.15, -0.1) is 0 Å². The van der Waals surface area contributed by atoms with E-state index in [9.17, 15) is 18.0 Å². The highest BCUT2D eigenvalue weighted by Gasteiger charge is 2.31. The SMILES string of the molecule is CCC(C(=O)N1CCN(c2nccc(-c3cccc(C(F)(F)F)c3)n2)CC1)c1ccccc1. The lowest BCUT2D eigenvalue weighted by molar-refractivity contribution is -0.137. The first-order valence-electron chi connectivity index (χ1n) is 11.0. The first kappa shape index (κ1) is 22.8. The summed E-state index contributed by atoms with van der Waals surface area (Å²) >= 11 is 0. The first-order valence-corrected chi connectivity index (χ1v) is 11.0. The lowest BCUT2D eigenvalue weighted by Crippen LogP contribution is -2.50. The second-order valence-corrected chi connectivity index (χ2v) is 8.00. The molecular formula is C25H25F3N4O. The summed E-state index contributed by atoms with van der Waals surface area (Å²) in [6.45, 7) is 4.21. The van der Waals surface area contributed by atoms with E-state index < -0.39 is 11.7 Å². The highest BCUT2D eigenvalue weighted by Crippen LogP contribution is 2.32. The molecule has 0 bridgehead atoms. The number of hydrogen-bond donors (Lipinski definition) is 0. The van der Waals surface area contributed by atoms with Crippen molar-refractivity contribution in [3.63, 3.8) is 0 Å². The number of amides is 1. The van der Waals surface area contributed by atoms with E-state index in [0.717, 1.165) is 24.1 Å². The Labute approximate surface area is 190 Å². The molecule has 172 valence electrons. The Morgan fingerprint density at radius 2 is 1.73 bits per heavy atom. The maximum absolute atomic E-state index is 13.1. The van der Waals surface area contributed by atoms with Gasteiger partial charge in [0.1, 0.15) is 0 Å². The number of anilines is 1. The highest BCUT2D eigenvalue weighted by atomic mass is 19.4. The zero-order valence-corrected chi connectivity index (χ0v) is 18.3. The van der Waals surface area contributed by atoms with Crippen LogP contribution in [0, 0.1) is 0 Å². The third kappa shape index (κ3) is 5.16. The Bertz CT molecular complexity index is 1100. The Balaban J connectivity index is 1.45. The van der Waals surface area contributed by atoms with Crippen LogP contribution in [0.25, 0.3) is 11.3 Å². The van der Waals surface area contributed by atoms with E-state index in [1.165, 1.54) is 6.07 Å². The van der Waals surface area contributed by atoms with Crippen LogP contribution < -0.4 is 4.90 Å². The maximum Gasteiger partial charge on any atom is 0.416 e. The molecule has 0 N–H and O–H groups in total. The molecule has 4 rings (SSSR count). The normalized spacial score (nSPS) is 15.4. The smallest absolute Gasteiger partial charge is 0.339 e. The largest absolute Gasteiger partial charge is 0.416 e. The van der Waals surface area contributed by atoms with Gasteiger partial charge in [-0.2, -0.15) is 13.2 Å². The number of hydrogen-bond acceptors (Lipinski definition) is 4. The van der Waals surface area contributed by atoms with Crippen molar-refractivity contribution in [2.75, 3.05) is 31.1 Å². The number of nitrogens with zero attached hydrogens (tertiary/aromatic N) is 4. The predicted molar refractivity (Wildman–Crippen MR) is 121 cm³/mol. The number of piperazine rings is 1. The molecular weight excluding hydrogens is 429 g/mol. The fourth-order valence-electron chi connectivity index (χ4n) is 4.10. The Morgan fingerprint density at radius 1 is 1.00 bits per heavy atom. The molecule has 1 aliphatic heterocycles. The number of benzene rings is 2. The molecule has 0 radical (unpaired) electrons. The van der Waals surface area contributed by atoms with E-state index in [4.69, 9.17) is 0 Å². The molecule has 5 nitrogen and oxygen atoms in total. The molecule has 1 unspecified atom stereocenters. The fourth-order valence-corrected chi connectivity index (χ4v) is 4.10. The van der Waals surface area contributed by atoms with Crippen LogP contribution in [0.1, 0.15) is 30.4 Å². The van der Waals surface area contributed by atoms with E-state index in [-0.39, 0.29) is 11.8 Å². The van der Waals surface area contributed by atoms with Crippen molar-refractivity contribution in [1.29, 1.82) is 0 Å². The second kappa shape index (κ2) is 9.60. The summed E-state index contributed by atoms with van der Waals surface area (Å²) in [7, 11) is 0. The van der Waals surface area contributed by atoms with Crippen LogP contribution >= 0.6 is 0 Å². The molecule has 0 saturated carbocycles. The molecule has 3 aromatic rings. The van der Waals surface area contributed by atoms with Gasteiger partial charge in [0.05, 0.1) is 17.2 Å². The first-order chi connectivity index (χ1) is 15.9. The molecule has 1 saturated heterocycles. The Morgan fingerprint density at radius 3 is 2.39 bits per heavy atom. The van der Waals surface area contributed by atoms with Gasteiger partial charge in [0.25, 0.3) is 0 Å². The summed E-state index contributed by atoms with van der Waals surface area (Å²) in [6.07, 6.45) is -2.13. The third-order valence-corrected chi connectivity index (χ3v) is 5.91. The Kier molecular flexibility index (Phi) is 6.62. The molecule has 1 amide bonds. The molecule has 2 heterocycles. The lowest BCUT2D eigenvalue weighted by atomic mass is 9.95. The van der Waals surface area contributed by atoms with Crippen LogP contribution in [-0.2, 0) is 11.0 Å². The van der Waals surface area contributed by atoms with Gasteiger partial charge in [0, 0.05) is 37.9 Å².